The van der Waals surface area contributed by atoms with Gasteiger partial charge in [-0.25, -0.2) is 4.98 Å². The standard InChI is InChI=1S/C11H9Cl2NOS/c12-8-2-1-7(9(13)6-8)5-10(15)11-14-3-4-16-11/h1-4,6,10,15H,5H2. The fourth-order valence-corrected chi connectivity index (χ4v) is 2.49. The quantitative estimate of drug-likeness (QED) is 0.925. The summed E-state index contributed by atoms with van der Waals surface area (Å²) in [5.74, 6) is 0. The number of halogens is 2. The molecule has 2 aromatic rings. The Bertz CT molecular complexity index is 473. The molecule has 0 amide bonds. The second-order valence-corrected chi connectivity index (χ2v) is 5.10. The van der Waals surface area contributed by atoms with Crippen molar-refractivity contribution in [1.29, 1.82) is 0 Å². The van der Waals surface area contributed by atoms with E-state index >= 15 is 0 Å². The van der Waals surface area contributed by atoms with Crippen LogP contribution < -0.4 is 0 Å². The van der Waals surface area contributed by atoms with Gasteiger partial charge < -0.3 is 5.11 Å². The van der Waals surface area contributed by atoms with Crippen LogP contribution >= 0.6 is 34.5 Å². The zero-order chi connectivity index (χ0) is 11.5. The minimum Gasteiger partial charge on any atom is -0.386 e. The Kier molecular flexibility index (Phi) is 3.82. The Hall–Kier alpha value is -0.610. The topological polar surface area (TPSA) is 33.1 Å². The highest BCUT2D eigenvalue weighted by Gasteiger charge is 2.13. The lowest BCUT2D eigenvalue weighted by atomic mass is 10.1. The zero-order valence-electron chi connectivity index (χ0n) is 8.23. The Labute approximate surface area is 107 Å². The van der Waals surface area contributed by atoms with E-state index in [2.05, 4.69) is 4.98 Å². The monoisotopic (exact) mass is 273 g/mol. The van der Waals surface area contributed by atoms with Crippen molar-refractivity contribution in [3.63, 3.8) is 0 Å². The summed E-state index contributed by atoms with van der Waals surface area (Å²) in [6.07, 6.45) is 1.51. The van der Waals surface area contributed by atoms with E-state index in [0.717, 1.165) is 5.56 Å². The van der Waals surface area contributed by atoms with Gasteiger partial charge in [0.25, 0.3) is 0 Å². The molecule has 2 nitrogen and oxygen atoms in total. The van der Waals surface area contributed by atoms with E-state index in [1.165, 1.54) is 11.3 Å². The van der Waals surface area contributed by atoms with Gasteiger partial charge in [-0.3, -0.25) is 0 Å². The van der Waals surface area contributed by atoms with Crippen LogP contribution in [0.3, 0.4) is 0 Å². The lowest BCUT2D eigenvalue weighted by Crippen LogP contribution is -2.01. The Morgan fingerprint density at radius 1 is 1.38 bits per heavy atom. The molecule has 0 aliphatic carbocycles. The van der Waals surface area contributed by atoms with Gasteiger partial charge in [0.05, 0.1) is 0 Å². The van der Waals surface area contributed by atoms with Gasteiger partial charge in [0.2, 0.25) is 0 Å². The molecule has 0 bridgehead atoms. The average molecular weight is 274 g/mol. The number of aliphatic hydroxyl groups excluding tert-OH is 1. The lowest BCUT2D eigenvalue weighted by Gasteiger charge is -2.09. The highest BCUT2D eigenvalue weighted by Crippen LogP contribution is 2.26. The maximum atomic E-state index is 9.91. The fraction of sp³-hybridized carbons (Fsp3) is 0.182. The average Bonchev–Trinajstić information content (AvgIpc) is 2.75. The molecule has 0 radical (unpaired) electrons. The smallest absolute Gasteiger partial charge is 0.121 e. The van der Waals surface area contributed by atoms with Gasteiger partial charge in [-0.05, 0) is 17.7 Å². The van der Waals surface area contributed by atoms with E-state index in [9.17, 15) is 5.11 Å². The largest absolute Gasteiger partial charge is 0.386 e. The summed E-state index contributed by atoms with van der Waals surface area (Å²) in [4.78, 5) is 4.06. The summed E-state index contributed by atoms with van der Waals surface area (Å²) >= 11 is 13.2. The summed E-state index contributed by atoms with van der Waals surface area (Å²) in [6, 6.07) is 5.26. The molecule has 0 saturated carbocycles. The summed E-state index contributed by atoms with van der Waals surface area (Å²) in [5, 5.41) is 13.6. The van der Waals surface area contributed by atoms with Crippen molar-refractivity contribution in [2.24, 2.45) is 0 Å². The van der Waals surface area contributed by atoms with Gasteiger partial charge in [-0.1, -0.05) is 29.3 Å². The number of thiazole rings is 1. The van der Waals surface area contributed by atoms with Crippen LogP contribution in [-0.2, 0) is 6.42 Å². The van der Waals surface area contributed by atoms with E-state index in [1.54, 1.807) is 18.3 Å². The van der Waals surface area contributed by atoms with E-state index in [0.29, 0.717) is 21.5 Å². The van der Waals surface area contributed by atoms with E-state index in [1.807, 2.05) is 11.4 Å². The number of benzene rings is 1. The molecule has 16 heavy (non-hydrogen) atoms. The number of hydrogen-bond donors (Lipinski definition) is 1. The van der Waals surface area contributed by atoms with Crippen LogP contribution in [0.25, 0.3) is 0 Å². The number of aliphatic hydroxyl groups is 1. The molecule has 1 unspecified atom stereocenters. The number of nitrogens with zero attached hydrogens (tertiary/aromatic N) is 1. The lowest BCUT2D eigenvalue weighted by molar-refractivity contribution is 0.178. The van der Waals surface area contributed by atoms with Gasteiger partial charge in [-0.15, -0.1) is 11.3 Å². The summed E-state index contributed by atoms with van der Waals surface area (Å²) < 4.78 is 0. The van der Waals surface area contributed by atoms with Crippen molar-refractivity contribution in [1.82, 2.24) is 4.98 Å². The highest BCUT2D eigenvalue weighted by molar-refractivity contribution is 7.09. The second kappa shape index (κ2) is 5.15. The number of hydrogen-bond acceptors (Lipinski definition) is 3. The fourth-order valence-electron chi connectivity index (χ4n) is 1.38. The first kappa shape index (κ1) is 11.9. The Morgan fingerprint density at radius 3 is 2.81 bits per heavy atom. The van der Waals surface area contributed by atoms with E-state index < -0.39 is 6.10 Å². The van der Waals surface area contributed by atoms with Gasteiger partial charge in [0, 0.05) is 28.0 Å². The minimum atomic E-state index is -0.612. The van der Waals surface area contributed by atoms with Crippen LogP contribution in [0.5, 0.6) is 0 Å². The minimum absolute atomic E-state index is 0.448. The first-order chi connectivity index (χ1) is 7.66. The van der Waals surface area contributed by atoms with Gasteiger partial charge in [0.1, 0.15) is 11.1 Å². The van der Waals surface area contributed by atoms with Crippen LogP contribution in [0, 0.1) is 0 Å². The zero-order valence-corrected chi connectivity index (χ0v) is 10.6. The van der Waals surface area contributed by atoms with Crippen molar-refractivity contribution in [3.8, 4) is 0 Å². The van der Waals surface area contributed by atoms with Crippen LogP contribution in [0.15, 0.2) is 29.8 Å². The molecule has 1 aromatic carbocycles. The summed E-state index contributed by atoms with van der Waals surface area (Å²) in [5.41, 5.74) is 0.869. The Morgan fingerprint density at radius 2 is 2.19 bits per heavy atom. The van der Waals surface area contributed by atoms with Crippen molar-refractivity contribution in [2.75, 3.05) is 0 Å². The van der Waals surface area contributed by atoms with Crippen molar-refractivity contribution < 1.29 is 5.11 Å². The van der Waals surface area contributed by atoms with Gasteiger partial charge in [-0.2, -0.15) is 0 Å². The molecule has 1 heterocycles. The van der Waals surface area contributed by atoms with Gasteiger partial charge in [0.15, 0.2) is 0 Å². The molecule has 2 rings (SSSR count). The third-order valence-electron chi connectivity index (χ3n) is 2.16. The maximum absolute atomic E-state index is 9.91. The van der Waals surface area contributed by atoms with Crippen molar-refractivity contribution in [2.45, 2.75) is 12.5 Å². The predicted molar refractivity (Wildman–Crippen MR) is 67.2 cm³/mol. The predicted octanol–water partition coefficient (Wildman–Crippen LogP) is 3.73. The number of rotatable bonds is 3. The molecule has 1 N–H and O–H groups in total. The van der Waals surface area contributed by atoms with Gasteiger partial charge >= 0.3 is 0 Å². The Balaban J connectivity index is 2.15. The molecule has 5 heteroatoms. The number of aromatic nitrogens is 1. The SMILES string of the molecule is OC(Cc1ccc(Cl)cc1Cl)c1nccs1. The molecular formula is C11H9Cl2NOS. The first-order valence-corrected chi connectivity index (χ1v) is 6.32. The molecule has 1 aromatic heterocycles. The van der Waals surface area contributed by atoms with Crippen molar-refractivity contribution >= 4 is 34.5 Å². The molecule has 0 spiro atoms. The molecule has 0 saturated heterocycles. The molecule has 84 valence electrons. The molecule has 1 atom stereocenters. The molecule has 0 aliphatic rings. The normalized spacial score (nSPS) is 12.7. The third-order valence-corrected chi connectivity index (χ3v) is 3.63. The summed E-state index contributed by atoms with van der Waals surface area (Å²) in [6.45, 7) is 0. The van der Waals surface area contributed by atoms with Crippen LogP contribution in [0.4, 0.5) is 0 Å². The molecular weight excluding hydrogens is 265 g/mol. The molecule has 0 aliphatic heterocycles. The van der Waals surface area contributed by atoms with E-state index in [4.69, 9.17) is 23.2 Å². The second-order valence-electron chi connectivity index (χ2n) is 3.33. The highest BCUT2D eigenvalue weighted by atomic mass is 35.5. The van der Waals surface area contributed by atoms with Crippen molar-refractivity contribution in [3.05, 3.63) is 50.4 Å². The van der Waals surface area contributed by atoms with Crippen LogP contribution in [-0.4, -0.2) is 10.1 Å². The first-order valence-electron chi connectivity index (χ1n) is 4.68. The molecule has 0 fully saturated rings. The van der Waals surface area contributed by atoms with E-state index in [-0.39, 0.29) is 0 Å². The summed E-state index contributed by atoms with van der Waals surface area (Å²) in [7, 11) is 0. The maximum Gasteiger partial charge on any atom is 0.121 e. The van der Waals surface area contributed by atoms with Crippen LogP contribution in [0.2, 0.25) is 10.0 Å². The van der Waals surface area contributed by atoms with Crippen LogP contribution in [0.1, 0.15) is 16.7 Å². The third kappa shape index (κ3) is 2.74.